The van der Waals surface area contributed by atoms with Gasteiger partial charge in [-0.15, -0.1) is 0 Å². The van der Waals surface area contributed by atoms with Crippen molar-refractivity contribution in [2.24, 2.45) is 0 Å². The topological polar surface area (TPSA) is 70.2 Å². The highest BCUT2D eigenvalue weighted by Gasteiger charge is 2.08. The number of ether oxygens (including phenoxy) is 1. The van der Waals surface area contributed by atoms with Crippen molar-refractivity contribution in [3.63, 3.8) is 0 Å². The van der Waals surface area contributed by atoms with E-state index in [0.717, 1.165) is 5.56 Å². The fraction of sp³-hybridized carbons (Fsp3) is 0.600. The predicted molar refractivity (Wildman–Crippen MR) is 59.8 cm³/mol. The molecule has 0 aliphatic rings. The third-order valence-electron chi connectivity index (χ3n) is 2.16. The van der Waals surface area contributed by atoms with Crippen molar-refractivity contribution in [3.05, 3.63) is 18.0 Å². The first-order valence-electron chi connectivity index (χ1n) is 5.15. The van der Waals surface area contributed by atoms with Crippen LogP contribution < -0.4 is 5.32 Å². The summed E-state index contributed by atoms with van der Waals surface area (Å²) < 4.78 is 4.87. The molecule has 2 N–H and O–H groups in total. The summed E-state index contributed by atoms with van der Waals surface area (Å²) in [6.45, 7) is 2.19. The van der Waals surface area contributed by atoms with Crippen LogP contribution in [0, 0.1) is 0 Å². The molecule has 1 amide bonds. The van der Waals surface area contributed by atoms with Gasteiger partial charge in [-0.2, -0.15) is 5.10 Å². The maximum Gasteiger partial charge on any atom is 0.236 e. The van der Waals surface area contributed by atoms with Gasteiger partial charge in [-0.25, -0.2) is 0 Å². The Morgan fingerprint density at radius 3 is 3.12 bits per heavy atom. The summed E-state index contributed by atoms with van der Waals surface area (Å²) in [7, 11) is 3.40. The van der Waals surface area contributed by atoms with Crippen LogP contribution in [0.1, 0.15) is 5.56 Å². The Labute approximate surface area is 95.0 Å². The Morgan fingerprint density at radius 2 is 2.50 bits per heavy atom. The van der Waals surface area contributed by atoms with Crippen LogP contribution in [-0.2, 0) is 16.1 Å². The molecular weight excluding hydrogens is 208 g/mol. The molecule has 6 nitrogen and oxygen atoms in total. The van der Waals surface area contributed by atoms with E-state index < -0.39 is 0 Å². The summed E-state index contributed by atoms with van der Waals surface area (Å²) >= 11 is 0. The number of rotatable bonds is 7. The van der Waals surface area contributed by atoms with E-state index in [9.17, 15) is 4.79 Å². The number of H-pyrrole nitrogens is 1. The lowest BCUT2D eigenvalue weighted by molar-refractivity contribution is -0.129. The van der Waals surface area contributed by atoms with Gasteiger partial charge < -0.3 is 15.0 Å². The highest BCUT2D eigenvalue weighted by atomic mass is 16.5. The van der Waals surface area contributed by atoms with Crippen LogP contribution >= 0.6 is 0 Å². The zero-order valence-corrected chi connectivity index (χ0v) is 9.69. The second-order valence-electron chi connectivity index (χ2n) is 3.53. The molecule has 1 aromatic rings. The molecule has 0 aliphatic heterocycles. The van der Waals surface area contributed by atoms with E-state index in [-0.39, 0.29) is 5.91 Å². The van der Waals surface area contributed by atoms with E-state index in [1.54, 1.807) is 31.5 Å². The molecule has 0 fully saturated rings. The predicted octanol–water partition coefficient (Wildman–Crippen LogP) is -0.396. The van der Waals surface area contributed by atoms with Gasteiger partial charge in [-0.3, -0.25) is 9.89 Å². The van der Waals surface area contributed by atoms with Gasteiger partial charge in [0.1, 0.15) is 0 Å². The lowest BCUT2D eigenvalue weighted by atomic mass is 10.3. The number of aromatic nitrogens is 2. The smallest absolute Gasteiger partial charge is 0.236 e. The summed E-state index contributed by atoms with van der Waals surface area (Å²) in [6.07, 6.45) is 3.49. The van der Waals surface area contributed by atoms with E-state index in [1.807, 2.05) is 0 Å². The number of nitrogens with zero attached hydrogens (tertiary/aromatic N) is 2. The maximum atomic E-state index is 11.6. The third kappa shape index (κ3) is 4.41. The summed E-state index contributed by atoms with van der Waals surface area (Å²) in [6, 6.07) is 0. The number of carbonyl (C=O) groups is 1. The van der Waals surface area contributed by atoms with E-state index in [0.29, 0.717) is 26.2 Å². The molecule has 0 atom stereocenters. The average Bonchev–Trinajstić information content (AvgIpc) is 2.76. The Kier molecular flexibility index (Phi) is 5.52. The molecule has 1 heterocycles. The zero-order valence-electron chi connectivity index (χ0n) is 9.69. The van der Waals surface area contributed by atoms with Crippen molar-refractivity contribution >= 4 is 5.91 Å². The van der Waals surface area contributed by atoms with Crippen molar-refractivity contribution in [2.45, 2.75) is 6.54 Å². The number of aromatic amines is 1. The highest BCUT2D eigenvalue weighted by molar-refractivity contribution is 5.77. The fourth-order valence-corrected chi connectivity index (χ4v) is 1.23. The van der Waals surface area contributed by atoms with E-state index in [1.165, 1.54) is 0 Å². The second-order valence-corrected chi connectivity index (χ2v) is 3.53. The Balaban J connectivity index is 2.20. The van der Waals surface area contributed by atoms with Gasteiger partial charge >= 0.3 is 0 Å². The highest BCUT2D eigenvalue weighted by Crippen LogP contribution is 1.98. The van der Waals surface area contributed by atoms with Gasteiger partial charge in [0.05, 0.1) is 19.3 Å². The summed E-state index contributed by atoms with van der Waals surface area (Å²) in [5.41, 5.74) is 0.993. The number of likely N-dealkylation sites (N-methyl/N-ethyl adjacent to an activating group) is 1. The number of carbonyl (C=O) groups excluding carboxylic acids is 1. The Bertz CT molecular complexity index is 300. The summed E-state index contributed by atoms with van der Waals surface area (Å²) in [5.74, 6) is 0.0531. The average molecular weight is 226 g/mol. The molecule has 0 saturated heterocycles. The van der Waals surface area contributed by atoms with Crippen LogP contribution in [0.2, 0.25) is 0 Å². The first kappa shape index (κ1) is 12.7. The lowest BCUT2D eigenvalue weighted by Crippen LogP contribution is -2.36. The minimum absolute atomic E-state index is 0.0531. The van der Waals surface area contributed by atoms with E-state index in [4.69, 9.17) is 4.74 Å². The van der Waals surface area contributed by atoms with Crippen molar-refractivity contribution < 1.29 is 9.53 Å². The minimum atomic E-state index is 0.0531. The van der Waals surface area contributed by atoms with E-state index in [2.05, 4.69) is 15.5 Å². The molecule has 6 heteroatoms. The summed E-state index contributed by atoms with van der Waals surface area (Å²) in [4.78, 5) is 13.3. The molecule has 0 spiro atoms. The first-order valence-corrected chi connectivity index (χ1v) is 5.15. The largest absolute Gasteiger partial charge is 0.383 e. The number of hydrogen-bond acceptors (Lipinski definition) is 4. The number of amides is 1. The van der Waals surface area contributed by atoms with Crippen LogP contribution in [0.4, 0.5) is 0 Å². The van der Waals surface area contributed by atoms with Crippen molar-refractivity contribution in [1.29, 1.82) is 0 Å². The molecule has 0 unspecified atom stereocenters. The first-order chi connectivity index (χ1) is 7.74. The van der Waals surface area contributed by atoms with Crippen LogP contribution in [0.25, 0.3) is 0 Å². The second kappa shape index (κ2) is 6.97. The van der Waals surface area contributed by atoms with Gasteiger partial charge in [0.25, 0.3) is 0 Å². The molecule has 1 rings (SSSR count). The monoisotopic (exact) mass is 226 g/mol. The molecule has 0 bridgehead atoms. The van der Waals surface area contributed by atoms with Gasteiger partial charge in [0, 0.05) is 39.0 Å². The molecule has 0 saturated carbocycles. The molecule has 0 aromatic carbocycles. The van der Waals surface area contributed by atoms with Crippen LogP contribution in [-0.4, -0.2) is 54.9 Å². The van der Waals surface area contributed by atoms with E-state index >= 15 is 0 Å². The fourth-order valence-electron chi connectivity index (χ4n) is 1.23. The maximum absolute atomic E-state index is 11.6. The Hall–Kier alpha value is -1.40. The van der Waals surface area contributed by atoms with Gasteiger partial charge in [-0.05, 0) is 0 Å². The van der Waals surface area contributed by atoms with Crippen molar-refractivity contribution in [1.82, 2.24) is 20.4 Å². The SMILES string of the molecule is COCCNCC(=O)N(C)Cc1cn[nH]c1. The minimum Gasteiger partial charge on any atom is -0.383 e. The number of methoxy groups -OCH3 is 1. The molecule has 0 radical (unpaired) electrons. The van der Waals surface area contributed by atoms with Crippen LogP contribution in [0.15, 0.2) is 12.4 Å². The van der Waals surface area contributed by atoms with Gasteiger partial charge in [-0.1, -0.05) is 0 Å². The lowest BCUT2D eigenvalue weighted by Gasteiger charge is -2.16. The summed E-state index contributed by atoms with van der Waals surface area (Å²) in [5, 5.41) is 9.55. The molecule has 1 aromatic heterocycles. The van der Waals surface area contributed by atoms with Crippen LogP contribution in [0.5, 0.6) is 0 Å². The normalized spacial score (nSPS) is 10.4. The molecule has 16 heavy (non-hydrogen) atoms. The third-order valence-corrected chi connectivity index (χ3v) is 2.16. The Morgan fingerprint density at radius 1 is 1.69 bits per heavy atom. The van der Waals surface area contributed by atoms with Crippen molar-refractivity contribution in [2.75, 3.05) is 33.9 Å². The zero-order chi connectivity index (χ0) is 11.8. The molecule has 90 valence electrons. The van der Waals surface area contributed by atoms with Gasteiger partial charge in [0.2, 0.25) is 5.91 Å². The molecular formula is C10H18N4O2. The number of hydrogen-bond donors (Lipinski definition) is 2. The van der Waals surface area contributed by atoms with Gasteiger partial charge in [0.15, 0.2) is 0 Å². The van der Waals surface area contributed by atoms with Crippen LogP contribution in [0.3, 0.4) is 0 Å². The molecule has 0 aliphatic carbocycles. The van der Waals surface area contributed by atoms with Crippen molar-refractivity contribution in [3.8, 4) is 0 Å². The quantitative estimate of drug-likeness (QED) is 0.621. The number of nitrogens with one attached hydrogen (secondary N) is 2. The standard InChI is InChI=1S/C10H18N4O2/c1-14(8-9-5-12-13-6-9)10(15)7-11-3-4-16-2/h5-6,11H,3-4,7-8H2,1-2H3,(H,12,13).